The van der Waals surface area contributed by atoms with E-state index in [4.69, 9.17) is 5.73 Å². The number of carbonyl (C=O) groups excluding carboxylic acids is 1. The zero-order valence-electron chi connectivity index (χ0n) is 13.2. The minimum atomic E-state index is -0.0131. The van der Waals surface area contributed by atoms with E-state index in [9.17, 15) is 4.79 Å². The fourth-order valence-corrected chi connectivity index (χ4v) is 6.44. The minimum absolute atomic E-state index is 0.0131. The van der Waals surface area contributed by atoms with E-state index < -0.39 is 0 Å². The van der Waals surface area contributed by atoms with Crippen LogP contribution >= 0.6 is 0 Å². The van der Waals surface area contributed by atoms with Crippen molar-refractivity contribution in [2.45, 2.75) is 70.3 Å². The first-order valence-corrected chi connectivity index (χ1v) is 9.19. The molecule has 21 heavy (non-hydrogen) atoms. The Morgan fingerprint density at radius 1 is 1.05 bits per heavy atom. The normalized spacial score (nSPS) is 43.2. The van der Waals surface area contributed by atoms with Crippen LogP contribution in [0.25, 0.3) is 0 Å². The van der Waals surface area contributed by atoms with E-state index in [2.05, 4.69) is 5.32 Å². The Morgan fingerprint density at radius 2 is 1.57 bits per heavy atom. The summed E-state index contributed by atoms with van der Waals surface area (Å²) in [5, 5.41) is 3.40. The molecule has 5 aliphatic rings. The molecule has 0 aromatic carbocycles. The first kappa shape index (κ1) is 14.0. The van der Waals surface area contributed by atoms with Gasteiger partial charge in [0.2, 0.25) is 5.91 Å². The molecule has 0 radical (unpaired) electrons. The van der Waals surface area contributed by atoms with Gasteiger partial charge in [-0.2, -0.15) is 0 Å². The highest BCUT2D eigenvalue weighted by Gasteiger charge is 2.54. The maximum atomic E-state index is 13.1. The van der Waals surface area contributed by atoms with E-state index in [0.29, 0.717) is 18.4 Å². The highest BCUT2D eigenvalue weighted by atomic mass is 16.2. The summed E-state index contributed by atoms with van der Waals surface area (Å²) in [7, 11) is 0. The van der Waals surface area contributed by atoms with E-state index in [-0.39, 0.29) is 11.5 Å². The molecule has 0 aliphatic heterocycles. The number of carbonyl (C=O) groups is 1. The Kier molecular flexibility index (Phi) is 3.52. The quantitative estimate of drug-likeness (QED) is 0.836. The summed E-state index contributed by atoms with van der Waals surface area (Å²) >= 11 is 0. The predicted octanol–water partition coefficient (Wildman–Crippen LogP) is 2.84. The van der Waals surface area contributed by atoms with Crippen molar-refractivity contribution >= 4 is 5.91 Å². The molecule has 1 unspecified atom stereocenters. The first-order chi connectivity index (χ1) is 10.2. The van der Waals surface area contributed by atoms with Gasteiger partial charge in [0.05, 0.1) is 0 Å². The smallest absolute Gasteiger partial charge is 0.226 e. The van der Waals surface area contributed by atoms with Crippen molar-refractivity contribution in [1.29, 1.82) is 0 Å². The van der Waals surface area contributed by atoms with E-state index >= 15 is 0 Å². The molecular formula is C18H30N2O. The van der Waals surface area contributed by atoms with Crippen molar-refractivity contribution in [3.05, 3.63) is 0 Å². The zero-order chi connectivity index (χ0) is 14.4. The van der Waals surface area contributed by atoms with E-state index in [1.165, 1.54) is 44.9 Å². The molecule has 5 fully saturated rings. The van der Waals surface area contributed by atoms with Crippen molar-refractivity contribution in [2.24, 2.45) is 34.8 Å². The Bertz CT molecular complexity index is 378. The summed E-state index contributed by atoms with van der Waals surface area (Å²) in [6.07, 6.45) is 12.8. The largest absolute Gasteiger partial charge is 0.351 e. The monoisotopic (exact) mass is 290 g/mol. The van der Waals surface area contributed by atoms with Crippen LogP contribution in [0.5, 0.6) is 0 Å². The van der Waals surface area contributed by atoms with Crippen LogP contribution in [0.4, 0.5) is 0 Å². The molecule has 3 N–H and O–H groups in total. The second-order valence-electron chi connectivity index (χ2n) is 8.56. The molecule has 1 atom stereocenters. The van der Waals surface area contributed by atoms with Crippen molar-refractivity contribution in [1.82, 2.24) is 5.32 Å². The van der Waals surface area contributed by atoms with Gasteiger partial charge in [0.1, 0.15) is 0 Å². The topological polar surface area (TPSA) is 55.1 Å². The number of nitrogens with one attached hydrogen (secondary N) is 1. The van der Waals surface area contributed by atoms with Crippen LogP contribution in [-0.2, 0) is 4.79 Å². The molecule has 0 saturated heterocycles. The molecule has 0 spiro atoms. The average Bonchev–Trinajstić information content (AvgIpc) is 2.97. The van der Waals surface area contributed by atoms with Gasteiger partial charge in [-0.25, -0.2) is 0 Å². The number of rotatable bonds is 4. The molecule has 1 amide bonds. The van der Waals surface area contributed by atoms with Gasteiger partial charge in [0, 0.05) is 18.0 Å². The molecule has 4 bridgehead atoms. The summed E-state index contributed by atoms with van der Waals surface area (Å²) in [6, 6.07) is 0.230. The third-order valence-electron chi connectivity index (χ3n) is 7.06. The minimum Gasteiger partial charge on any atom is -0.351 e. The van der Waals surface area contributed by atoms with Gasteiger partial charge in [0.25, 0.3) is 0 Å². The number of hydrogen-bond acceptors (Lipinski definition) is 2. The third kappa shape index (κ3) is 2.42. The Morgan fingerprint density at radius 3 is 2.05 bits per heavy atom. The molecular weight excluding hydrogens is 260 g/mol. The third-order valence-corrected chi connectivity index (χ3v) is 7.06. The zero-order valence-corrected chi connectivity index (χ0v) is 13.2. The number of amides is 1. The standard InChI is InChI=1S/C18H30N2O/c19-11-16(15-3-1-2-4-15)20-17(21)18-8-12-5-13(9-18)7-14(6-12)10-18/h12-16H,1-11,19H2,(H,20,21). The summed E-state index contributed by atoms with van der Waals surface area (Å²) in [5.41, 5.74) is 5.96. The molecule has 118 valence electrons. The van der Waals surface area contributed by atoms with Crippen LogP contribution in [0.3, 0.4) is 0 Å². The molecule has 5 saturated carbocycles. The van der Waals surface area contributed by atoms with Gasteiger partial charge in [-0.15, -0.1) is 0 Å². The lowest BCUT2D eigenvalue weighted by Gasteiger charge is -2.56. The lowest BCUT2D eigenvalue weighted by molar-refractivity contribution is -0.147. The van der Waals surface area contributed by atoms with Gasteiger partial charge in [-0.05, 0) is 75.0 Å². The SMILES string of the molecule is NCC(NC(=O)C12CC3CC(CC(C3)C1)C2)C1CCCC1. The number of hydrogen-bond donors (Lipinski definition) is 2. The van der Waals surface area contributed by atoms with Crippen LogP contribution in [-0.4, -0.2) is 18.5 Å². The van der Waals surface area contributed by atoms with E-state index in [1.54, 1.807) is 0 Å². The van der Waals surface area contributed by atoms with Crippen LogP contribution in [0.15, 0.2) is 0 Å². The van der Waals surface area contributed by atoms with Gasteiger partial charge in [-0.3, -0.25) is 4.79 Å². The van der Waals surface area contributed by atoms with Crippen LogP contribution in [0.2, 0.25) is 0 Å². The second kappa shape index (κ2) is 5.26. The molecule has 0 aromatic rings. The van der Waals surface area contributed by atoms with Gasteiger partial charge in [-0.1, -0.05) is 12.8 Å². The van der Waals surface area contributed by atoms with Crippen molar-refractivity contribution in [3.8, 4) is 0 Å². The summed E-state index contributed by atoms with van der Waals surface area (Å²) in [6.45, 7) is 0.614. The molecule has 5 aliphatic carbocycles. The van der Waals surface area contributed by atoms with Crippen molar-refractivity contribution < 1.29 is 4.79 Å². The molecule has 0 heterocycles. The molecule has 3 nitrogen and oxygen atoms in total. The van der Waals surface area contributed by atoms with E-state index in [0.717, 1.165) is 37.0 Å². The van der Waals surface area contributed by atoms with Crippen molar-refractivity contribution in [3.63, 3.8) is 0 Å². The summed E-state index contributed by atoms with van der Waals surface area (Å²) < 4.78 is 0. The molecule has 0 aromatic heterocycles. The van der Waals surface area contributed by atoms with Gasteiger partial charge >= 0.3 is 0 Å². The summed E-state index contributed by atoms with van der Waals surface area (Å²) in [4.78, 5) is 13.1. The summed E-state index contributed by atoms with van der Waals surface area (Å²) in [5.74, 6) is 3.51. The average molecular weight is 290 g/mol. The first-order valence-electron chi connectivity index (χ1n) is 9.19. The van der Waals surface area contributed by atoms with Gasteiger partial charge < -0.3 is 11.1 Å². The maximum absolute atomic E-state index is 13.1. The Balaban J connectivity index is 1.46. The van der Waals surface area contributed by atoms with E-state index in [1.807, 2.05) is 0 Å². The maximum Gasteiger partial charge on any atom is 0.226 e. The fraction of sp³-hybridized carbons (Fsp3) is 0.944. The molecule has 3 heteroatoms. The van der Waals surface area contributed by atoms with Gasteiger partial charge in [0.15, 0.2) is 0 Å². The second-order valence-corrected chi connectivity index (χ2v) is 8.56. The van der Waals surface area contributed by atoms with Crippen LogP contribution < -0.4 is 11.1 Å². The highest BCUT2D eigenvalue weighted by molar-refractivity contribution is 5.83. The Hall–Kier alpha value is -0.570. The van der Waals surface area contributed by atoms with Crippen molar-refractivity contribution in [2.75, 3.05) is 6.54 Å². The highest BCUT2D eigenvalue weighted by Crippen LogP contribution is 2.60. The Labute approximate surface area is 128 Å². The molecule has 5 rings (SSSR count). The lowest BCUT2D eigenvalue weighted by Crippen LogP contribution is -2.57. The number of nitrogens with two attached hydrogens (primary N) is 1. The lowest BCUT2D eigenvalue weighted by atomic mass is 9.49. The van der Waals surface area contributed by atoms with Crippen LogP contribution in [0, 0.1) is 29.1 Å². The predicted molar refractivity (Wildman–Crippen MR) is 83.5 cm³/mol. The van der Waals surface area contributed by atoms with Crippen LogP contribution in [0.1, 0.15) is 64.2 Å². The fourth-order valence-electron chi connectivity index (χ4n) is 6.44.